The number of aryl methyl sites for hydroxylation is 1. The molecular formula is C41H44ClN7O5S2. The van der Waals surface area contributed by atoms with Gasteiger partial charge in [-0.05, 0) is 76.6 Å². The van der Waals surface area contributed by atoms with Crippen LogP contribution in [0.5, 0.6) is 0 Å². The van der Waals surface area contributed by atoms with Gasteiger partial charge < -0.3 is 25.0 Å². The van der Waals surface area contributed by atoms with Crippen LogP contribution in [0.2, 0.25) is 5.02 Å². The van der Waals surface area contributed by atoms with Gasteiger partial charge in [0.25, 0.3) is 0 Å². The fourth-order valence-corrected chi connectivity index (χ4v) is 7.86. The number of thiazole rings is 1. The first kappa shape index (κ1) is 42.0. The van der Waals surface area contributed by atoms with E-state index in [1.54, 1.807) is 39.0 Å². The number of nitrogens with one attached hydrogen (secondary N) is 2. The van der Waals surface area contributed by atoms with Crippen LogP contribution in [0.15, 0.2) is 58.9 Å². The monoisotopic (exact) mass is 813 g/mol. The number of benzene rings is 2. The molecule has 292 valence electrons. The van der Waals surface area contributed by atoms with E-state index >= 15 is 0 Å². The highest BCUT2D eigenvalue weighted by Crippen LogP contribution is 2.40. The van der Waals surface area contributed by atoms with Crippen LogP contribution in [0.25, 0.3) is 21.7 Å². The van der Waals surface area contributed by atoms with E-state index < -0.39 is 29.6 Å². The molecule has 1 saturated heterocycles. The predicted octanol–water partition coefficient (Wildman–Crippen LogP) is 8.06. The number of ether oxygens (including phenoxy) is 2. The topological polar surface area (TPSA) is 170 Å². The summed E-state index contributed by atoms with van der Waals surface area (Å²) in [4.78, 5) is 48.4. The van der Waals surface area contributed by atoms with Gasteiger partial charge in [-0.2, -0.15) is 10.5 Å². The van der Waals surface area contributed by atoms with Gasteiger partial charge >= 0.3 is 12.1 Å². The maximum absolute atomic E-state index is 12.5. The van der Waals surface area contributed by atoms with Gasteiger partial charge in [-0.15, -0.1) is 11.3 Å². The summed E-state index contributed by atoms with van der Waals surface area (Å²) in [5, 5.41) is 30.1. The number of carbonyl (C=O) groups is 3. The number of carbonyl (C=O) groups excluding carboxylic acids is 3. The highest BCUT2D eigenvalue weighted by molar-refractivity contribution is 7.98. The number of nitriles is 2. The number of rotatable bonds is 15. The quantitative estimate of drug-likeness (QED) is 0.0676. The number of aromatic nitrogens is 2. The molecule has 1 aliphatic rings. The van der Waals surface area contributed by atoms with Gasteiger partial charge in [0, 0.05) is 53.3 Å². The van der Waals surface area contributed by atoms with E-state index in [9.17, 15) is 24.9 Å². The molecule has 1 atom stereocenters. The smallest absolute Gasteiger partial charge is 0.407 e. The molecule has 12 nitrogen and oxygen atoms in total. The summed E-state index contributed by atoms with van der Waals surface area (Å²) in [6, 6.07) is 19.1. The Balaban J connectivity index is 1.20. The van der Waals surface area contributed by atoms with Crippen LogP contribution in [0.3, 0.4) is 0 Å². The van der Waals surface area contributed by atoms with Gasteiger partial charge in [-0.1, -0.05) is 59.8 Å². The molecule has 15 heteroatoms. The lowest BCUT2D eigenvalue weighted by Crippen LogP contribution is -2.41. The maximum Gasteiger partial charge on any atom is 0.407 e. The number of amides is 2. The minimum atomic E-state index is -0.853. The van der Waals surface area contributed by atoms with Crippen LogP contribution in [0, 0.1) is 22.7 Å². The standard InChI is InChI=1S/C41H44ClN7O5S2/c1-26(46-34(50)17-18-45-40(52)54-41(2,3)4)39(51)53-21-7-8-27-9-11-28(12-10-27)35-32(22-43)36(49-19-5-6-20-49)48-38(33(35)23-44)56-25-31-24-55-37(47-31)29-13-15-30(42)16-14-29/h9-16,24,26H,5-8,17-21,25H2,1-4H3,(H,45,52)(H,46,50)/t26-/m0/s1. The van der Waals surface area contributed by atoms with Crippen LogP contribution in [0.1, 0.15) is 75.8 Å². The Kier molecular flexibility index (Phi) is 14.7. The summed E-state index contributed by atoms with van der Waals surface area (Å²) in [5.74, 6) is 0.133. The molecule has 0 radical (unpaired) electrons. The number of nitrogens with zero attached hydrogens (tertiary/aromatic N) is 5. The molecule has 5 rings (SSSR count). The molecule has 1 aliphatic heterocycles. The molecule has 2 aromatic carbocycles. The molecule has 3 heterocycles. The largest absolute Gasteiger partial charge is 0.464 e. The molecule has 0 unspecified atom stereocenters. The Hall–Kier alpha value is -5.15. The summed E-state index contributed by atoms with van der Waals surface area (Å²) in [7, 11) is 0. The van der Waals surface area contributed by atoms with Crippen molar-refractivity contribution in [1.29, 1.82) is 10.5 Å². The van der Waals surface area contributed by atoms with E-state index in [1.807, 2.05) is 53.9 Å². The van der Waals surface area contributed by atoms with Crippen molar-refractivity contribution in [3.05, 3.63) is 81.3 Å². The zero-order chi connectivity index (χ0) is 40.2. The average Bonchev–Trinajstić information content (AvgIpc) is 3.88. The fraction of sp³-hybridized carbons (Fsp3) is 0.390. The van der Waals surface area contributed by atoms with Gasteiger partial charge in [0.15, 0.2) is 0 Å². The average molecular weight is 814 g/mol. The zero-order valence-corrected chi connectivity index (χ0v) is 34.2. The van der Waals surface area contributed by atoms with Crippen LogP contribution in [-0.4, -0.2) is 65.8 Å². The van der Waals surface area contributed by atoms with E-state index in [1.165, 1.54) is 11.8 Å². The molecule has 4 aromatic rings. The van der Waals surface area contributed by atoms with E-state index in [2.05, 4.69) is 27.7 Å². The second-order valence-electron chi connectivity index (χ2n) is 14.2. The van der Waals surface area contributed by atoms with Crippen LogP contribution >= 0.6 is 34.7 Å². The fourth-order valence-electron chi connectivity index (χ4n) is 5.93. The van der Waals surface area contributed by atoms with Crippen molar-refractivity contribution in [1.82, 2.24) is 20.6 Å². The van der Waals surface area contributed by atoms with Gasteiger partial charge in [0.1, 0.15) is 45.2 Å². The molecule has 0 saturated carbocycles. The lowest BCUT2D eigenvalue weighted by molar-refractivity contribution is -0.147. The molecule has 2 amide bonds. The Morgan fingerprint density at radius 1 is 1.00 bits per heavy atom. The number of hydrogen-bond donors (Lipinski definition) is 2. The second kappa shape index (κ2) is 19.6. The van der Waals surface area contributed by atoms with E-state index in [4.69, 9.17) is 31.0 Å². The number of esters is 1. The van der Waals surface area contributed by atoms with E-state index in [0.29, 0.717) is 51.2 Å². The third kappa shape index (κ3) is 11.7. The summed E-state index contributed by atoms with van der Waals surface area (Å²) >= 11 is 9.04. The SMILES string of the molecule is C[C@H](NC(=O)CCNC(=O)OC(C)(C)C)C(=O)OCCCc1ccc(-c2c(C#N)c(SCc3csc(-c4ccc(Cl)cc4)n3)nc(N3CCCC3)c2C#N)cc1. The van der Waals surface area contributed by atoms with Crippen molar-refractivity contribution >= 4 is 58.5 Å². The molecule has 0 bridgehead atoms. The van der Waals surface area contributed by atoms with Crippen LogP contribution in [0.4, 0.5) is 10.6 Å². The summed E-state index contributed by atoms with van der Waals surface area (Å²) in [6.45, 7) is 8.58. The van der Waals surface area contributed by atoms with Gasteiger partial charge in [-0.25, -0.2) is 19.6 Å². The lowest BCUT2D eigenvalue weighted by Gasteiger charge is -2.22. The first-order valence-corrected chi connectivity index (χ1v) is 20.6. The van der Waals surface area contributed by atoms with Crippen molar-refractivity contribution in [2.45, 2.75) is 82.2 Å². The number of alkyl carbamates (subject to hydrolysis) is 1. The number of halogens is 1. The normalized spacial score (nSPS) is 13.0. The third-order valence-corrected chi connectivity index (χ3v) is 10.8. The third-order valence-electron chi connectivity index (χ3n) is 8.62. The highest BCUT2D eigenvalue weighted by atomic mass is 35.5. The van der Waals surface area contributed by atoms with Crippen LogP contribution < -0.4 is 15.5 Å². The molecule has 0 aliphatic carbocycles. The summed E-state index contributed by atoms with van der Waals surface area (Å²) in [6.07, 6.45) is 2.53. The summed E-state index contributed by atoms with van der Waals surface area (Å²) in [5.41, 5.74) is 4.22. The van der Waals surface area contributed by atoms with E-state index in [-0.39, 0.29) is 19.6 Å². The first-order chi connectivity index (χ1) is 26.8. The Morgan fingerprint density at radius 3 is 2.34 bits per heavy atom. The first-order valence-electron chi connectivity index (χ1n) is 18.3. The van der Waals surface area contributed by atoms with Crippen molar-refractivity contribution in [2.24, 2.45) is 0 Å². The molecule has 0 spiro atoms. The number of thioether (sulfide) groups is 1. The van der Waals surface area contributed by atoms with Crippen molar-refractivity contribution in [3.8, 4) is 33.8 Å². The Morgan fingerprint density at radius 2 is 1.68 bits per heavy atom. The predicted molar refractivity (Wildman–Crippen MR) is 218 cm³/mol. The molecule has 56 heavy (non-hydrogen) atoms. The van der Waals surface area contributed by atoms with Crippen molar-refractivity contribution < 1.29 is 23.9 Å². The lowest BCUT2D eigenvalue weighted by atomic mass is 9.95. The molecule has 2 aromatic heterocycles. The highest BCUT2D eigenvalue weighted by Gasteiger charge is 2.27. The molecular weight excluding hydrogens is 770 g/mol. The number of hydrogen-bond acceptors (Lipinski definition) is 12. The maximum atomic E-state index is 12.5. The minimum Gasteiger partial charge on any atom is -0.464 e. The van der Waals surface area contributed by atoms with Gasteiger partial charge in [0.05, 0.1) is 17.9 Å². The zero-order valence-electron chi connectivity index (χ0n) is 31.8. The number of pyridine rings is 1. The van der Waals surface area contributed by atoms with E-state index in [0.717, 1.165) is 53.3 Å². The number of anilines is 1. The Bertz CT molecular complexity index is 2100. The van der Waals surface area contributed by atoms with Gasteiger partial charge in [-0.3, -0.25) is 4.79 Å². The molecule has 1 fully saturated rings. The second-order valence-corrected chi connectivity index (χ2v) is 16.4. The van der Waals surface area contributed by atoms with Gasteiger partial charge in [0.2, 0.25) is 5.91 Å². The summed E-state index contributed by atoms with van der Waals surface area (Å²) < 4.78 is 10.5. The Labute approximate surface area is 340 Å². The van der Waals surface area contributed by atoms with Crippen molar-refractivity contribution in [2.75, 3.05) is 31.1 Å². The van der Waals surface area contributed by atoms with Crippen molar-refractivity contribution in [3.63, 3.8) is 0 Å². The molecule has 2 N–H and O–H groups in total. The minimum absolute atomic E-state index is 0.0169. The van der Waals surface area contributed by atoms with Crippen LogP contribution in [-0.2, 0) is 31.2 Å².